The largest absolute Gasteiger partial charge is 0.341 e. The third kappa shape index (κ3) is 3.64. The molecule has 3 nitrogen and oxygen atoms in total. The molecule has 0 aromatic heterocycles. The second-order valence-electron chi connectivity index (χ2n) is 6.03. The third-order valence-electron chi connectivity index (χ3n) is 4.55. The first-order valence-electron chi connectivity index (χ1n) is 7.90. The van der Waals surface area contributed by atoms with Gasteiger partial charge in [-0.05, 0) is 24.3 Å². The number of amides is 1. The Kier molecular flexibility index (Phi) is 5.38. The van der Waals surface area contributed by atoms with Crippen LogP contribution in [-0.2, 0) is 4.79 Å². The summed E-state index contributed by atoms with van der Waals surface area (Å²) in [4.78, 5) is 14.9. The van der Waals surface area contributed by atoms with Gasteiger partial charge in [0.2, 0.25) is 5.91 Å². The van der Waals surface area contributed by atoms with Gasteiger partial charge >= 0.3 is 0 Å². The smallest absolute Gasteiger partial charge is 0.230 e. The zero-order chi connectivity index (χ0) is 15.2. The van der Waals surface area contributed by atoms with E-state index >= 15 is 0 Å². The second-order valence-corrected chi connectivity index (χ2v) is 6.03. The van der Waals surface area contributed by atoms with Gasteiger partial charge in [-0.2, -0.15) is 5.26 Å². The number of hydrogen-bond donors (Lipinski definition) is 0. The summed E-state index contributed by atoms with van der Waals surface area (Å²) in [7, 11) is 0. The summed E-state index contributed by atoms with van der Waals surface area (Å²) >= 11 is 0. The molecule has 1 aliphatic heterocycles. The standard InChI is InChI=1S/C18H24N2O/c1-3-14(2)17(16-9-5-4-6-10-16)18(21)20-11-7-8-15(12-19)13-20/h4-6,9-10,14-15,17H,3,7-8,11,13H2,1-2H3. The maximum atomic E-state index is 13.0. The summed E-state index contributed by atoms with van der Waals surface area (Å²) in [5, 5.41) is 9.11. The fourth-order valence-corrected chi connectivity index (χ4v) is 3.09. The maximum absolute atomic E-state index is 13.0. The lowest BCUT2D eigenvalue weighted by Crippen LogP contribution is -2.43. The Hall–Kier alpha value is -1.82. The van der Waals surface area contributed by atoms with Gasteiger partial charge in [-0.15, -0.1) is 0 Å². The minimum atomic E-state index is -0.0892. The van der Waals surface area contributed by atoms with Crippen molar-refractivity contribution in [1.29, 1.82) is 5.26 Å². The van der Waals surface area contributed by atoms with Gasteiger partial charge in [-0.25, -0.2) is 0 Å². The molecule has 0 radical (unpaired) electrons. The van der Waals surface area contributed by atoms with E-state index in [1.165, 1.54) is 0 Å². The molecule has 1 saturated heterocycles. The summed E-state index contributed by atoms with van der Waals surface area (Å²) in [6.45, 7) is 5.65. The summed E-state index contributed by atoms with van der Waals surface area (Å²) in [6, 6.07) is 12.4. The lowest BCUT2D eigenvalue weighted by Gasteiger charge is -2.34. The van der Waals surface area contributed by atoms with Crippen molar-refractivity contribution in [3.05, 3.63) is 35.9 Å². The van der Waals surface area contributed by atoms with Crippen molar-refractivity contribution in [2.24, 2.45) is 11.8 Å². The summed E-state index contributed by atoms with van der Waals surface area (Å²) < 4.78 is 0. The normalized spacial score (nSPS) is 21.4. The van der Waals surface area contributed by atoms with Gasteiger partial charge in [0.15, 0.2) is 0 Å². The highest BCUT2D eigenvalue weighted by molar-refractivity contribution is 5.84. The molecule has 112 valence electrons. The van der Waals surface area contributed by atoms with Gasteiger partial charge in [0.25, 0.3) is 0 Å². The Bertz CT molecular complexity index is 506. The number of carbonyl (C=O) groups is 1. The number of nitriles is 1. The van der Waals surface area contributed by atoms with Gasteiger partial charge in [-0.1, -0.05) is 50.6 Å². The number of hydrogen-bond acceptors (Lipinski definition) is 2. The molecule has 0 aliphatic carbocycles. The van der Waals surface area contributed by atoms with Crippen molar-refractivity contribution in [1.82, 2.24) is 4.90 Å². The van der Waals surface area contributed by atoms with Gasteiger partial charge in [-0.3, -0.25) is 4.79 Å². The minimum absolute atomic E-state index is 0.00365. The molecule has 3 atom stereocenters. The third-order valence-corrected chi connectivity index (χ3v) is 4.55. The molecule has 0 spiro atoms. The molecular formula is C18H24N2O. The van der Waals surface area contributed by atoms with Crippen LogP contribution >= 0.6 is 0 Å². The summed E-state index contributed by atoms with van der Waals surface area (Å²) in [6.07, 6.45) is 2.83. The van der Waals surface area contributed by atoms with Crippen LogP contribution in [0, 0.1) is 23.2 Å². The first kappa shape index (κ1) is 15.6. The molecule has 3 unspecified atom stereocenters. The molecule has 1 aliphatic rings. The Morgan fingerprint density at radius 3 is 2.76 bits per heavy atom. The van der Waals surface area contributed by atoms with E-state index in [0.717, 1.165) is 31.4 Å². The summed E-state index contributed by atoms with van der Waals surface area (Å²) in [5.74, 6) is 0.405. The quantitative estimate of drug-likeness (QED) is 0.848. The van der Waals surface area contributed by atoms with E-state index in [4.69, 9.17) is 5.26 Å². The first-order valence-corrected chi connectivity index (χ1v) is 7.90. The fourth-order valence-electron chi connectivity index (χ4n) is 3.09. The number of nitrogens with zero attached hydrogens (tertiary/aromatic N) is 2. The molecule has 2 rings (SSSR count). The highest BCUT2D eigenvalue weighted by atomic mass is 16.2. The van der Waals surface area contributed by atoms with E-state index in [2.05, 4.69) is 19.9 Å². The van der Waals surface area contributed by atoms with Crippen LogP contribution in [0.1, 0.15) is 44.6 Å². The van der Waals surface area contributed by atoms with Crippen molar-refractivity contribution in [3.63, 3.8) is 0 Å². The lowest BCUT2D eigenvalue weighted by atomic mass is 9.83. The molecule has 1 aromatic rings. The molecule has 3 heteroatoms. The van der Waals surface area contributed by atoms with Crippen LogP contribution in [0.4, 0.5) is 0 Å². The Labute approximate surface area is 127 Å². The molecule has 0 saturated carbocycles. The van der Waals surface area contributed by atoms with Gasteiger partial charge in [0.05, 0.1) is 17.9 Å². The number of piperidine rings is 1. The van der Waals surface area contributed by atoms with Crippen molar-refractivity contribution in [2.45, 2.75) is 39.0 Å². The van der Waals surface area contributed by atoms with Crippen molar-refractivity contribution >= 4 is 5.91 Å². The number of rotatable bonds is 4. The van der Waals surface area contributed by atoms with Gasteiger partial charge < -0.3 is 4.90 Å². The molecular weight excluding hydrogens is 260 g/mol. The summed E-state index contributed by atoms with van der Waals surface area (Å²) in [5.41, 5.74) is 1.09. The minimum Gasteiger partial charge on any atom is -0.341 e. The fraction of sp³-hybridized carbons (Fsp3) is 0.556. The van der Waals surface area contributed by atoms with E-state index in [-0.39, 0.29) is 17.7 Å². The van der Waals surface area contributed by atoms with Crippen molar-refractivity contribution < 1.29 is 4.79 Å². The molecule has 1 fully saturated rings. The molecule has 0 bridgehead atoms. The van der Waals surface area contributed by atoms with Crippen LogP contribution in [0.3, 0.4) is 0 Å². The van der Waals surface area contributed by atoms with Gasteiger partial charge in [0.1, 0.15) is 0 Å². The maximum Gasteiger partial charge on any atom is 0.230 e. The monoisotopic (exact) mass is 284 g/mol. The first-order chi connectivity index (χ1) is 10.2. The predicted octanol–water partition coefficient (Wildman–Crippen LogP) is 3.58. The van der Waals surface area contributed by atoms with Crippen LogP contribution in [0.15, 0.2) is 30.3 Å². The van der Waals surface area contributed by atoms with E-state index in [9.17, 15) is 4.79 Å². The molecule has 0 N–H and O–H groups in total. The van der Waals surface area contributed by atoms with Crippen molar-refractivity contribution in [2.75, 3.05) is 13.1 Å². The molecule has 1 aromatic carbocycles. The molecule has 21 heavy (non-hydrogen) atoms. The highest BCUT2D eigenvalue weighted by Crippen LogP contribution is 2.30. The van der Waals surface area contributed by atoms with E-state index < -0.39 is 0 Å². The highest BCUT2D eigenvalue weighted by Gasteiger charge is 2.32. The predicted molar refractivity (Wildman–Crippen MR) is 83.6 cm³/mol. The van der Waals surface area contributed by atoms with Crippen LogP contribution in [0.5, 0.6) is 0 Å². The van der Waals surface area contributed by atoms with Crippen LogP contribution in [-0.4, -0.2) is 23.9 Å². The topological polar surface area (TPSA) is 44.1 Å². The lowest BCUT2D eigenvalue weighted by molar-refractivity contribution is -0.135. The Morgan fingerprint density at radius 2 is 2.14 bits per heavy atom. The SMILES string of the molecule is CCC(C)C(C(=O)N1CCCC(C#N)C1)c1ccccc1. The zero-order valence-electron chi connectivity index (χ0n) is 13.0. The Balaban J connectivity index is 2.21. The van der Waals surface area contributed by atoms with E-state index in [1.54, 1.807) is 0 Å². The average Bonchev–Trinajstić information content (AvgIpc) is 2.55. The van der Waals surface area contributed by atoms with Crippen molar-refractivity contribution in [3.8, 4) is 6.07 Å². The second kappa shape index (κ2) is 7.26. The number of carbonyl (C=O) groups excluding carboxylic acids is 1. The van der Waals surface area contributed by atoms with Crippen LogP contribution in [0.2, 0.25) is 0 Å². The van der Waals surface area contributed by atoms with E-state index in [1.807, 2.05) is 35.2 Å². The number of likely N-dealkylation sites (tertiary alicyclic amines) is 1. The van der Waals surface area contributed by atoms with Crippen LogP contribution in [0.25, 0.3) is 0 Å². The Morgan fingerprint density at radius 1 is 1.43 bits per heavy atom. The average molecular weight is 284 g/mol. The zero-order valence-corrected chi connectivity index (χ0v) is 13.0. The van der Waals surface area contributed by atoms with Crippen LogP contribution < -0.4 is 0 Å². The van der Waals surface area contributed by atoms with Gasteiger partial charge in [0, 0.05) is 13.1 Å². The molecule has 1 heterocycles. The van der Waals surface area contributed by atoms with E-state index in [0.29, 0.717) is 12.5 Å². The molecule has 1 amide bonds. The number of benzene rings is 1.